The Morgan fingerprint density at radius 2 is 2.05 bits per heavy atom. The van der Waals surface area contributed by atoms with Gasteiger partial charge in [-0.2, -0.15) is 0 Å². The standard InChI is InChI=1S/C16H21BrO5/c1-9(18)12-13(14-15(20-12)22-16(2,3)21-14)19-8-10-6-4-5-7-11(10)17/h4-7,9,12-15,18H,8H2,1-3H3/t9-,12-,13+,14-,15-/m1/s1. The zero-order valence-corrected chi connectivity index (χ0v) is 14.4. The summed E-state index contributed by atoms with van der Waals surface area (Å²) in [5, 5.41) is 9.93. The summed E-state index contributed by atoms with van der Waals surface area (Å²) in [6.07, 6.45) is -2.34. The van der Waals surface area contributed by atoms with Crippen LogP contribution in [0.3, 0.4) is 0 Å². The molecule has 0 radical (unpaired) electrons. The fourth-order valence-corrected chi connectivity index (χ4v) is 3.28. The number of fused-ring (bicyclic) bond motifs is 1. The first-order chi connectivity index (χ1) is 10.4. The van der Waals surface area contributed by atoms with Crippen LogP contribution in [0, 0.1) is 0 Å². The Balaban J connectivity index is 1.73. The monoisotopic (exact) mass is 372 g/mol. The average molecular weight is 373 g/mol. The van der Waals surface area contributed by atoms with E-state index in [1.807, 2.05) is 38.1 Å². The third-order valence-electron chi connectivity index (χ3n) is 3.89. The Labute approximate surface area is 138 Å². The second-order valence-corrected chi connectivity index (χ2v) is 7.03. The van der Waals surface area contributed by atoms with Crippen LogP contribution in [-0.4, -0.2) is 41.6 Å². The summed E-state index contributed by atoms with van der Waals surface area (Å²) in [4.78, 5) is 0. The number of aliphatic hydroxyl groups excluding tert-OH is 1. The molecular weight excluding hydrogens is 352 g/mol. The number of aliphatic hydroxyl groups is 1. The molecular formula is C16H21BrO5. The number of hydrogen-bond acceptors (Lipinski definition) is 5. The average Bonchev–Trinajstić information content (AvgIpc) is 2.90. The van der Waals surface area contributed by atoms with E-state index in [-0.39, 0.29) is 12.2 Å². The van der Waals surface area contributed by atoms with Crippen LogP contribution in [0.4, 0.5) is 0 Å². The minimum absolute atomic E-state index is 0.336. The van der Waals surface area contributed by atoms with Crippen molar-refractivity contribution in [3.05, 3.63) is 34.3 Å². The summed E-state index contributed by atoms with van der Waals surface area (Å²) in [6.45, 7) is 5.78. The van der Waals surface area contributed by atoms with Gasteiger partial charge < -0.3 is 24.1 Å². The molecule has 2 saturated heterocycles. The van der Waals surface area contributed by atoms with Crippen LogP contribution in [0.15, 0.2) is 28.7 Å². The van der Waals surface area contributed by atoms with Gasteiger partial charge in [-0.25, -0.2) is 0 Å². The Bertz CT molecular complexity index is 533. The van der Waals surface area contributed by atoms with E-state index in [1.54, 1.807) is 6.92 Å². The Morgan fingerprint density at radius 3 is 2.73 bits per heavy atom. The lowest BCUT2D eigenvalue weighted by molar-refractivity contribution is -0.229. The molecule has 5 atom stereocenters. The lowest BCUT2D eigenvalue weighted by Gasteiger charge is -2.27. The second-order valence-electron chi connectivity index (χ2n) is 6.18. The summed E-state index contributed by atoms with van der Waals surface area (Å²) < 4.78 is 24.4. The second kappa shape index (κ2) is 6.19. The van der Waals surface area contributed by atoms with Gasteiger partial charge in [0.15, 0.2) is 12.1 Å². The maximum atomic E-state index is 9.93. The van der Waals surface area contributed by atoms with E-state index < -0.39 is 24.3 Å². The van der Waals surface area contributed by atoms with Crippen molar-refractivity contribution < 1.29 is 24.1 Å². The molecule has 1 N–H and O–H groups in total. The van der Waals surface area contributed by atoms with E-state index >= 15 is 0 Å². The van der Waals surface area contributed by atoms with Crippen molar-refractivity contribution in [2.75, 3.05) is 0 Å². The van der Waals surface area contributed by atoms with E-state index in [1.165, 1.54) is 0 Å². The van der Waals surface area contributed by atoms with Gasteiger partial charge in [0.25, 0.3) is 0 Å². The molecule has 22 heavy (non-hydrogen) atoms. The Kier molecular flexibility index (Phi) is 4.60. The van der Waals surface area contributed by atoms with Gasteiger partial charge in [-0.05, 0) is 32.4 Å². The van der Waals surface area contributed by atoms with Crippen molar-refractivity contribution in [3.8, 4) is 0 Å². The molecule has 0 amide bonds. The van der Waals surface area contributed by atoms with Crippen molar-refractivity contribution >= 4 is 15.9 Å². The Hall–Kier alpha value is -0.500. The molecule has 0 spiro atoms. The van der Waals surface area contributed by atoms with Crippen molar-refractivity contribution in [1.29, 1.82) is 0 Å². The van der Waals surface area contributed by atoms with Crippen LogP contribution in [0.2, 0.25) is 0 Å². The zero-order chi connectivity index (χ0) is 15.9. The molecule has 3 rings (SSSR count). The third-order valence-corrected chi connectivity index (χ3v) is 4.67. The van der Waals surface area contributed by atoms with E-state index in [0.29, 0.717) is 6.61 Å². The smallest absolute Gasteiger partial charge is 0.190 e. The maximum absolute atomic E-state index is 9.93. The van der Waals surface area contributed by atoms with E-state index in [2.05, 4.69) is 15.9 Å². The predicted molar refractivity (Wildman–Crippen MR) is 83.1 cm³/mol. The molecule has 2 fully saturated rings. The summed E-state index contributed by atoms with van der Waals surface area (Å²) in [7, 11) is 0. The SMILES string of the molecule is C[C@@H](O)[C@H]1O[C@@H]2OC(C)(C)O[C@@H]2[C@H]1OCc1ccccc1Br. The first-order valence-electron chi connectivity index (χ1n) is 7.41. The lowest BCUT2D eigenvalue weighted by Crippen LogP contribution is -2.41. The number of benzene rings is 1. The van der Waals surface area contributed by atoms with Gasteiger partial charge in [0.1, 0.15) is 18.3 Å². The molecule has 2 aliphatic rings. The van der Waals surface area contributed by atoms with Crippen LogP contribution in [0.5, 0.6) is 0 Å². The van der Waals surface area contributed by atoms with Crippen molar-refractivity contribution in [3.63, 3.8) is 0 Å². The first kappa shape index (κ1) is 16.4. The zero-order valence-electron chi connectivity index (χ0n) is 12.9. The molecule has 2 aliphatic heterocycles. The maximum Gasteiger partial charge on any atom is 0.190 e. The molecule has 1 aromatic carbocycles. The van der Waals surface area contributed by atoms with Crippen molar-refractivity contribution in [2.24, 2.45) is 0 Å². The number of ether oxygens (including phenoxy) is 4. The van der Waals surface area contributed by atoms with Gasteiger partial charge in [0.2, 0.25) is 0 Å². The van der Waals surface area contributed by atoms with Gasteiger partial charge >= 0.3 is 0 Å². The van der Waals surface area contributed by atoms with E-state index in [9.17, 15) is 5.11 Å². The molecule has 2 heterocycles. The first-order valence-corrected chi connectivity index (χ1v) is 8.21. The molecule has 6 heteroatoms. The Morgan fingerprint density at radius 1 is 1.32 bits per heavy atom. The summed E-state index contributed by atoms with van der Waals surface area (Å²) in [5.41, 5.74) is 1.04. The number of hydrogen-bond donors (Lipinski definition) is 1. The topological polar surface area (TPSA) is 57.2 Å². The van der Waals surface area contributed by atoms with Crippen LogP contribution in [-0.2, 0) is 25.6 Å². The number of rotatable bonds is 4. The van der Waals surface area contributed by atoms with Gasteiger partial charge in [-0.1, -0.05) is 34.1 Å². The van der Waals surface area contributed by atoms with Gasteiger partial charge in [0, 0.05) is 4.47 Å². The van der Waals surface area contributed by atoms with Gasteiger partial charge in [-0.15, -0.1) is 0 Å². The summed E-state index contributed by atoms with van der Waals surface area (Å²) >= 11 is 3.51. The highest BCUT2D eigenvalue weighted by Crippen LogP contribution is 2.40. The normalized spacial score (nSPS) is 34.6. The lowest BCUT2D eigenvalue weighted by atomic mass is 10.1. The van der Waals surface area contributed by atoms with E-state index in [0.717, 1.165) is 10.0 Å². The molecule has 0 unspecified atom stereocenters. The van der Waals surface area contributed by atoms with Crippen LogP contribution in [0.1, 0.15) is 26.3 Å². The molecule has 0 saturated carbocycles. The predicted octanol–water partition coefficient (Wildman–Crippen LogP) is 2.59. The molecule has 0 bridgehead atoms. The quantitative estimate of drug-likeness (QED) is 0.879. The third kappa shape index (κ3) is 3.22. The highest BCUT2D eigenvalue weighted by molar-refractivity contribution is 9.10. The van der Waals surface area contributed by atoms with Crippen LogP contribution < -0.4 is 0 Å². The molecule has 0 aromatic heterocycles. The van der Waals surface area contributed by atoms with Crippen molar-refractivity contribution in [2.45, 2.75) is 63.9 Å². The van der Waals surface area contributed by atoms with Gasteiger partial charge in [-0.3, -0.25) is 0 Å². The summed E-state index contributed by atoms with van der Waals surface area (Å²) in [6, 6.07) is 7.88. The van der Waals surface area contributed by atoms with Crippen molar-refractivity contribution in [1.82, 2.24) is 0 Å². The number of halogens is 1. The fraction of sp³-hybridized carbons (Fsp3) is 0.625. The minimum Gasteiger partial charge on any atom is -0.391 e. The minimum atomic E-state index is -0.700. The van der Waals surface area contributed by atoms with Crippen LogP contribution in [0.25, 0.3) is 0 Å². The molecule has 0 aliphatic carbocycles. The van der Waals surface area contributed by atoms with Gasteiger partial charge in [0.05, 0.1) is 12.7 Å². The molecule has 5 nitrogen and oxygen atoms in total. The molecule has 1 aromatic rings. The van der Waals surface area contributed by atoms with Crippen LogP contribution >= 0.6 is 15.9 Å². The highest BCUT2D eigenvalue weighted by Gasteiger charge is 2.56. The highest BCUT2D eigenvalue weighted by atomic mass is 79.9. The fourth-order valence-electron chi connectivity index (χ4n) is 2.88. The summed E-state index contributed by atoms with van der Waals surface area (Å²) in [5.74, 6) is -0.700. The molecule has 122 valence electrons. The van der Waals surface area contributed by atoms with E-state index in [4.69, 9.17) is 18.9 Å². The largest absolute Gasteiger partial charge is 0.391 e.